The van der Waals surface area contributed by atoms with E-state index in [0.717, 1.165) is 11.6 Å². The molecule has 26 heavy (non-hydrogen) atoms. The second kappa shape index (κ2) is 7.59. The number of rotatable bonds is 5. The SMILES string of the molecule is CNC(=O)c1ccc(CN(C)c2nc(N(C)C)cc(C(F)(F)F)n2)cc1. The first kappa shape index (κ1) is 19.5. The van der Waals surface area contributed by atoms with Crippen LogP contribution >= 0.6 is 0 Å². The van der Waals surface area contributed by atoms with E-state index in [2.05, 4.69) is 15.3 Å². The molecular weight excluding hydrogens is 347 g/mol. The fraction of sp³-hybridized carbons (Fsp3) is 0.353. The normalized spacial score (nSPS) is 11.2. The van der Waals surface area contributed by atoms with Crippen LogP contribution in [-0.4, -0.2) is 44.1 Å². The molecule has 2 aromatic rings. The Morgan fingerprint density at radius 2 is 1.73 bits per heavy atom. The van der Waals surface area contributed by atoms with Crippen molar-refractivity contribution in [2.75, 3.05) is 38.0 Å². The summed E-state index contributed by atoms with van der Waals surface area (Å²) >= 11 is 0. The topological polar surface area (TPSA) is 61.4 Å². The van der Waals surface area contributed by atoms with Crippen LogP contribution in [0.3, 0.4) is 0 Å². The van der Waals surface area contributed by atoms with Crippen molar-refractivity contribution in [2.45, 2.75) is 12.7 Å². The minimum absolute atomic E-state index is 0.0288. The third kappa shape index (κ3) is 4.62. The highest BCUT2D eigenvalue weighted by atomic mass is 19.4. The number of nitrogens with one attached hydrogen (secondary N) is 1. The third-order valence-corrected chi connectivity index (χ3v) is 3.65. The molecule has 6 nitrogen and oxygen atoms in total. The number of carbonyl (C=O) groups excluding carboxylic acids is 1. The summed E-state index contributed by atoms with van der Waals surface area (Å²) in [7, 11) is 6.38. The van der Waals surface area contributed by atoms with E-state index >= 15 is 0 Å². The molecule has 0 fully saturated rings. The number of nitrogens with zero attached hydrogens (tertiary/aromatic N) is 4. The smallest absolute Gasteiger partial charge is 0.363 e. The van der Waals surface area contributed by atoms with Crippen LogP contribution in [0, 0.1) is 0 Å². The maximum Gasteiger partial charge on any atom is 0.433 e. The van der Waals surface area contributed by atoms with Gasteiger partial charge in [-0.05, 0) is 17.7 Å². The Kier molecular flexibility index (Phi) is 5.69. The molecule has 0 aliphatic heterocycles. The molecule has 0 saturated heterocycles. The fourth-order valence-corrected chi connectivity index (χ4v) is 2.22. The Morgan fingerprint density at radius 3 is 2.23 bits per heavy atom. The standard InChI is InChI=1S/C17H20F3N5O/c1-21-15(26)12-7-5-11(6-8-12)10-25(4)16-22-13(17(18,19)20)9-14(23-16)24(2)3/h5-9H,10H2,1-4H3,(H,21,26). The van der Waals surface area contributed by atoms with Crippen LogP contribution in [0.1, 0.15) is 21.6 Å². The van der Waals surface area contributed by atoms with Gasteiger partial charge >= 0.3 is 6.18 Å². The van der Waals surface area contributed by atoms with E-state index < -0.39 is 11.9 Å². The minimum Gasteiger partial charge on any atom is -0.363 e. The van der Waals surface area contributed by atoms with Gasteiger partial charge in [0, 0.05) is 46.4 Å². The van der Waals surface area contributed by atoms with Crippen LogP contribution in [0.5, 0.6) is 0 Å². The van der Waals surface area contributed by atoms with Gasteiger partial charge in [0.1, 0.15) is 5.82 Å². The van der Waals surface area contributed by atoms with Gasteiger partial charge in [-0.15, -0.1) is 0 Å². The molecule has 1 heterocycles. The van der Waals surface area contributed by atoms with Crippen LogP contribution < -0.4 is 15.1 Å². The first-order chi connectivity index (χ1) is 12.1. The van der Waals surface area contributed by atoms with E-state index in [4.69, 9.17) is 0 Å². The predicted octanol–water partition coefficient (Wildman–Crippen LogP) is 2.56. The van der Waals surface area contributed by atoms with Crippen molar-refractivity contribution in [1.82, 2.24) is 15.3 Å². The highest BCUT2D eigenvalue weighted by Gasteiger charge is 2.34. The number of halogens is 3. The summed E-state index contributed by atoms with van der Waals surface area (Å²) in [5.41, 5.74) is 0.324. The summed E-state index contributed by atoms with van der Waals surface area (Å²) in [5, 5.41) is 2.52. The van der Waals surface area contributed by atoms with Crippen LogP contribution in [0.4, 0.5) is 24.9 Å². The molecule has 1 aromatic heterocycles. The van der Waals surface area contributed by atoms with Gasteiger partial charge in [0.15, 0.2) is 5.69 Å². The number of carbonyl (C=O) groups is 1. The van der Waals surface area contributed by atoms with E-state index in [9.17, 15) is 18.0 Å². The molecule has 0 saturated carbocycles. The molecular formula is C17H20F3N5O. The van der Waals surface area contributed by atoms with Gasteiger partial charge in [-0.25, -0.2) is 4.98 Å². The molecule has 0 aliphatic carbocycles. The van der Waals surface area contributed by atoms with Gasteiger partial charge in [0.25, 0.3) is 5.91 Å². The van der Waals surface area contributed by atoms with Crippen LogP contribution in [0.2, 0.25) is 0 Å². The maximum absolute atomic E-state index is 13.1. The van der Waals surface area contributed by atoms with E-state index in [-0.39, 0.29) is 17.7 Å². The maximum atomic E-state index is 13.1. The zero-order valence-electron chi connectivity index (χ0n) is 14.9. The second-order valence-electron chi connectivity index (χ2n) is 5.94. The second-order valence-corrected chi connectivity index (χ2v) is 5.94. The quantitative estimate of drug-likeness (QED) is 0.880. The Bertz CT molecular complexity index is 775. The average molecular weight is 367 g/mol. The lowest BCUT2D eigenvalue weighted by atomic mass is 10.1. The van der Waals surface area contributed by atoms with Gasteiger partial charge in [-0.3, -0.25) is 4.79 Å². The molecule has 1 aromatic carbocycles. The monoisotopic (exact) mass is 367 g/mol. The summed E-state index contributed by atoms with van der Waals surface area (Å²) in [6, 6.07) is 7.69. The number of alkyl halides is 3. The molecule has 9 heteroatoms. The van der Waals surface area contributed by atoms with E-state index in [1.165, 1.54) is 16.8 Å². The molecule has 0 spiro atoms. The fourth-order valence-electron chi connectivity index (χ4n) is 2.22. The molecule has 0 aliphatic rings. The predicted molar refractivity (Wildman–Crippen MR) is 93.3 cm³/mol. The molecule has 2 rings (SSSR count). The minimum atomic E-state index is -4.56. The zero-order valence-corrected chi connectivity index (χ0v) is 14.9. The highest BCUT2D eigenvalue weighted by molar-refractivity contribution is 5.93. The zero-order chi connectivity index (χ0) is 19.5. The Labute approximate surface area is 149 Å². The molecule has 0 unspecified atom stereocenters. The summed E-state index contributed by atoms with van der Waals surface area (Å²) < 4.78 is 39.3. The van der Waals surface area contributed by atoms with Crippen LogP contribution in [0.25, 0.3) is 0 Å². The van der Waals surface area contributed by atoms with Gasteiger partial charge in [-0.2, -0.15) is 18.2 Å². The van der Waals surface area contributed by atoms with Crippen LogP contribution in [-0.2, 0) is 12.7 Å². The Morgan fingerprint density at radius 1 is 1.12 bits per heavy atom. The Hall–Kier alpha value is -2.84. The van der Waals surface area contributed by atoms with Crippen molar-refractivity contribution in [2.24, 2.45) is 0 Å². The van der Waals surface area contributed by atoms with Crippen molar-refractivity contribution >= 4 is 17.7 Å². The van der Waals surface area contributed by atoms with E-state index in [0.29, 0.717) is 12.1 Å². The van der Waals surface area contributed by atoms with Gasteiger partial charge in [-0.1, -0.05) is 12.1 Å². The molecule has 1 N–H and O–H groups in total. The number of aromatic nitrogens is 2. The van der Waals surface area contributed by atoms with Crippen molar-refractivity contribution in [3.8, 4) is 0 Å². The summed E-state index contributed by atoms with van der Waals surface area (Å²) in [6.45, 7) is 0.294. The highest BCUT2D eigenvalue weighted by Crippen LogP contribution is 2.30. The van der Waals surface area contributed by atoms with Gasteiger partial charge in [0.05, 0.1) is 0 Å². The first-order valence-electron chi connectivity index (χ1n) is 7.77. The summed E-state index contributed by atoms with van der Waals surface area (Å²) in [6.07, 6.45) is -4.56. The lowest BCUT2D eigenvalue weighted by Gasteiger charge is -2.21. The Balaban J connectivity index is 2.27. The number of hydrogen-bond donors (Lipinski definition) is 1. The number of anilines is 2. The lowest BCUT2D eigenvalue weighted by Crippen LogP contribution is -2.23. The molecule has 140 valence electrons. The number of hydrogen-bond acceptors (Lipinski definition) is 5. The lowest BCUT2D eigenvalue weighted by molar-refractivity contribution is -0.141. The average Bonchev–Trinajstić information content (AvgIpc) is 2.60. The van der Waals surface area contributed by atoms with Gasteiger partial charge in [0.2, 0.25) is 5.95 Å². The first-order valence-corrected chi connectivity index (χ1v) is 7.77. The molecule has 1 amide bonds. The van der Waals surface area contributed by atoms with E-state index in [1.54, 1.807) is 45.4 Å². The van der Waals surface area contributed by atoms with Gasteiger partial charge < -0.3 is 15.1 Å². The molecule has 0 radical (unpaired) electrons. The van der Waals surface area contributed by atoms with E-state index in [1.807, 2.05) is 0 Å². The summed E-state index contributed by atoms with van der Waals surface area (Å²) in [5.74, 6) is -0.0650. The third-order valence-electron chi connectivity index (χ3n) is 3.65. The van der Waals surface area contributed by atoms with Crippen LogP contribution in [0.15, 0.2) is 30.3 Å². The number of benzene rings is 1. The molecule has 0 bridgehead atoms. The number of amides is 1. The van der Waals surface area contributed by atoms with Crippen molar-refractivity contribution < 1.29 is 18.0 Å². The largest absolute Gasteiger partial charge is 0.433 e. The summed E-state index contributed by atoms with van der Waals surface area (Å²) in [4.78, 5) is 22.4. The van der Waals surface area contributed by atoms with Crippen molar-refractivity contribution in [1.29, 1.82) is 0 Å². The van der Waals surface area contributed by atoms with Crippen molar-refractivity contribution in [3.63, 3.8) is 0 Å². The van der Waals surface area contributed by atoms with Crippen molar-refractivity contribution in [3.05, 3.63) is 47.2 Å². The molecule has 0 atom stereocenters.